The van der Waals surface area contributed by atoms with Gasteiger partial charge in [-0.25, -0.2) is 9.97 Å². The van der Waals surface area contributed by atoms with Crippen LogP contribution in [-0.4, -0.2) is 51.9 Å². The fourth-order valence-corrected chi connectivity index (χ4v) is 5.42. The topological polar surface area (TPSA) is 54.3 Å². The monoisotopic (exact) mass is 397 g/mol. The van der Waals surface area contributed by atoms with Crippen molar-refractivity contribution in [3.63, 3.8) is 0 Å². The van der Waals surface area contributed by atoms with Crippen molar-refractivity contribution in [1.29, 1.82) is 0 Å². The van der Waals surface area contributed by atoms with Gasteiger partial charge in [0.15, 0.2) is 0 Å². The van der Waals surface area contributed by atoms with Crippen molar-refractivity contribution in [2.24, 2.45) is 5.92 Å². The van der Waals surface area contributed by atoms with Gasteiger partial charge in [-0.3, -0.25) is 9.69 Å². The fraction of sp³-hybridized carbons (Fsp3) is 0.571. The lowest BCUT2D eigenvalue weighted by Gasteiger charge is -2.43. The first-order valence-electron chi connectivity index (χ1n) is 10.3. The second kappa shape index (κ2) is 7.52. The second-order valence-electron chi connectivity index (χ2n) is 8.29. The summed E-state index contributed by atoms with van der Waals surface area (Å²) in [5.41, 5.74) is 2.38. The van der Waals surface area contributed by atoms with Gasteiger partial charge in [-0.2, -0.15) is 0 Å². The number of piperidine rings is 1. The maximum Gasteiger partial charge on any atom is 0.255 e. The van der Waals surface area contributed by atoms with Crippen LogP contribution >= 0.6 is 11.8 Å². The first kappa shape index (κ1) is 18.2. The standard InChI is InChI=1S/C21H27N5OS/c1-28-19-6-7-22-21(23-19)25-11-15-10-17(14-25)18-5-4-16(20(27)26(18)12-15)13-24-8-2-3-9-24/h4-7,15,17H,2-3,8-14H2,1H3/t15-,17+/m0/s1. The first-order valence-corrected chi connectivity index (χ1v) is 11.5. The molecule has 0 aromatic carbocycles. The molecule has 0 unspecified atom stereocenters. The average Bonchev–Trinajstić information content (AvgIpc) is 3.23. The number of hydrogen-bond donors (Lipinski definition) is 0. The van der Waals surface area contributed by atoms with Gasteiger partial charge in [-0.15, -0.1) is 11.8 Å². The summed E-state index contributed by atoms with van der Waals surface area (Å²) in [6, 6.07) is 6.24. The molecule has 0 saturated carbocycles. The molecule has 3 aliphatic heterocycles. The van der Waals surface area contributed by atoms with Gasteiger partial charge in [0.1, 0.15) is 5.03 Å². The summed E-state index contributed by atoms with van der Waals surface area (Å²) in [5.74, 6) is 1.68. The van der Waals surface area contributed by atoms with Crippen molar-refractivity contribution in [2.45, 2.75) is 43.3 Å². The summed E-state index contributed by atoms with van der Waals surface area (Å²) in [5, 5.41) is 1.00. The largest absolute Gasteiger partial charge is 0.340 e. The number of anilines is 1. The molecule has 0 N–H and O–H groups in total. The van der Waals surface area contributed by atoms with E-state index in [9.17, 15) is 4.79 Å². The van der Waals surface area contributed by atoms with Crippen LogP contribution in [0.15, 0.2) is 34.2 Å². The number of rotatable bonds is 4. The average molecular weight is 398 g/mol. The molecule has 2 aromatic heterocycles. The summed E-state index contributed by atoms with van der Waals surface area (Å²) < 4.78 is 2.07. The van der Waals surface area contributed by atoms with E-state index >= 15 is 0 Å². The number of pyridine rings is 1. The third-order valence-corrected chi connectivity index (χ3v) is 7.03. The Labute approximate surface area is 170 Å². The van der Waals surface area contributed by atoms with Crippen LogP contribution in [0.1, 0.15) is 36.4 Å². The van der Waals surface area contributed by atoms with E-state index in [0.29, 0.717) is 11.8 Å². The van der Waals surface area contributed by atoms with E-state index in [1.165, 1.54) is 18.5 Å². The van der Waals surface area contributed by atoms with Crippen molar-refractivity contribution >= 4 is 17.7 Å². The summed E-state index contributed by atoms with van der Waals surface area (Å²) in [7, 11) is 0. The van der Waals surface area contributed by atoms with Crippen LogP contribution in [0.3, 0.4) is 0 Å². The van der Waals surface area contributed by atoms with Gasteiger partial charge in [0.05, 0.1) is 0 Å². The van der Waals surface area contributed by atoms with Crippen molar-refractivity contribution < 1.29 is 0 Å². The zero-order valence-corrected chi connectivity index (χ0v) is 17.2. The normalized spacial score (nSPS) is 24.4. The van der Waals surface area contributed by atoms with Gasteiger partial charge in [0.25, 0.3) is 5.56 Å². The van der Waals surface area contributed by atoms with Crippen LogP contribution in [0, 0.1) is 5.92 Å². The van der Waals surface area contributed by atoms with Gasteiger partial charge in [0, 0.05) is 49.6 Å². The molecule has 5 rings (SSSR count). The Balaban J connectivity index is 1.41. The van der Waals surface area contributed by atoms with Crippen molar-refractivity contribution in [3.05, 3.63) is 46.0 Å². The molecule has 6 nitrogen and oxygen atoms in total. The smallest absolute Gasteiger partial charge is 0.255 e. The predicted molar refractivity (Wildman–Crippen MR) is 112 cm³/mol. The zero-order valence-electron chi connectivity index (χ0n) is 16.4. The molecule has 2 fully saturated rings. The summed E-state index contributed by atoms with van der Waals surface area (Å²) in [6.45, 7) is 5.68. The highest BCUT2D eigenvalue weighted by atomic mass is 32.2. The molecule has 0 spiro atoms. The highest BCUT2D eigenvalue weighted by molar-refractivity contribution is 7.98. The Kier molecular flexibility index (Phi) is 4.88. The molecular weight excluding hydrogens is 370 g/mol. The van der Waals surface area contributed by atoms with Crippen LogP contribution in [0.25, 0.3) is 0 Å². The lowest BCUT2D eigenvalue weighted by Crippen LogP contribution is -2.48. The number of aromatic nitrogens is 3. The molecule has 5 heterocycles. The van der Waals surface area contributed by atoms with E-state index in [2.05, 4.69) is 31.5 Å². The molecule has 0 radical (unpaired) electrons. The second-order valence-corrected chi connectivity index (χ2v) is 9.11. The third-order valence-electron chi connectivity index (χ3n) is 6.38. The van der Waals surface area contributed by atoms with Gasteiger partial charge < -0.3 is 9.47 Å². The molecule has 3 aliphatic rings. The maximum atomic E-state index is 13.2. The van der Waals surface area contributed by atoms with E-state index in [1.807, 2.05) is 18.5 Å². The molecule has 7 heteroatoms. The number of hydrogen-bond acceptors (Lipinski definition) is 6. The van der Waals surface area contributed by atoms with E-state index in [1.54, 1.807) is 11.8 Å². The Hall–Kier alpha value is -1.86. The molecule has 0 amide bonds. The highest BCUT2D eigenvalue weighted by Gasteiger charge is 2.36. The molecule has 28 heavy (non-hydrogen) atoms. The summed E-state index contributed by atoms with van der Waals surface area (Å²) in [4.78, 5) is 27.1. The van der Waals surface area contributed by atoms with Crippen LogP contribution in [-0.2, 0) is 13.1 Å². The number of thioether (sulfide) groups is 1. The molecule has 2 atom stereocenters. The fourth-order valence-electron chi connectivity index (χ4n) is 5.05. The van der Waals surface area contributed by atoms with Crippen LogP contribution in [0.4, 0.5) is 5.95 Å². The minimum Gasteiger partial charge on any atom is -0.340 e. The van der Waals surface area contributed by atoms with E-state index in [0.717, 1.165) is 62.2 Å². The molecule has 2 bridgehead atoms. The number of fused-ring (bicyclic) bond motifs is 4. The molecule has 2 aromatic rings. The van der Waals surface area contributed by atoms with Crippen molar-refractivity contribution in [1.82, 2.24) is 19.4 Å². The Morgan fingerprint density at radius 1 is 1.14 bits per heavy atom. The number of likely N-dealkylation sites (tertiary alicyclic amines) is 1. The van der Waals surface area contributed by atoms with Crippen molar-refractivity contribution in [2.75, 3.05) is 37.3 Å². The molecule has 2 saturated heterocycles. The van der Waals surface area contributed by atoms with Crippen LogP contribution in [0.2, 0.25) is 0 Å². The Bertz CT molecular complexity index is 923. The summed E-state index contributed by atoms with van der Waals surface area (Å²) in [6.07, 6.45) is 7.56. The molecule has 0 aliphatic carbocycles. The SMILES string of the molecule is CSc1ccnc(N2C[C@@H]3C[C@H](C2)c2ccc(CN4CCCC4)c(=O)n2C3)n1. The van der Waals surface area contributed by atoms with Crippen LogP contribution < -0.4 is 10.5 Å². The summed E-state index contributed by atoms with van der Waals surface area (Å²) >= 11 is 1.65. The Morgan fingerprint density at radius 3 is 2.82 bits per heavy atom. The molecular formula is C21H27N5OS. The van der Waals surface area contributed by atoms with Gasteiger partial charge in [-0.05, 0) is 56.7 Å². The van der Waals surface area contributed by atoms with Gasteiger partial charge in [-0.1, -0.05) is 6.07 Å². The quantitative estimate of drug-likeness (QED) is 0.584. The lowest BCUT2D eigenvalue weighted by molar-refractivity contribution is 0.276. The third kappa shape index (κ3) is 3.35. The minimum atomic E-state index is 0.230. The van der Waals surface area contributed by atoms with Crippen LogP contribution in [0.5, 0.6) is 0 Å². The van der Waals surface area contributed by atoms with Gasteiger partial charge >= 0.3 is 0 Å². The minimum absolute atomic E-state index is 0.230. The first-order chi connectivity index (χ1) is 13.7. The Morgan fingerprint density at radius 2 is 2.00 bits per heavy atom. The molecule has 148 valence electrons. The predicted octanol–water partition coefficient (Wildman–Crippen LogP) is 2.58. The van der Waals surface area contributed by atoms with Gasteiger partial charge in [0.2, 0.25) is 5.95 Å². The number of nitrogens with zero attached hydrogens (tertiary/aromatic N) is 5. The van der Waals surface area contributed by atoms with E-state index in [-0.39, 0.29) is 5.56 Å². The maximum absolute atomic E-state index is 13.2. The van der Waals surface area contributed by atoms with Crippen molar-refractivity contribution in [3.8, 4) is 0 Å². The zero-order chi connectivity index (χ0) is 19.1. The van der Waals surface area contributed by atoms with E-state index < -0.39 is 0 Å². The lowest BCUT2D eigenvalue weighted by atomic mass is 9.83. The highest BCUT2D eigenvalue weighted by Crippen LogP contribution is 2.36. The van der Waals surface area contributed by atoms with E-state index in [4.69, 9.17) is 4.98 Å².